The Morgan fingerprint density at radius 3 is 2.50 bits per heavy atom. The van der Waals surface area contributed by atoms with Crippen LogP contribution < -0.4 is 0 Å². The smallest absolute Gasteiger partial charge is 0.0176 e. The number of fused-ring (bicyclic) bond motifs is 1. The Morgan fingerprint density at radius 2 is 1.75 bits per heavy atom. The van der Waals surface area contributed by atoms with Crippen LogP contribution in [0.2, 0.25) is 0 Å². The molecule has 12 heavy (non-hydrogen) atoms. The van der Waals surface area contributed by atoms with Gasteiger partial charge in [0.25, 0.3) is 0 Å². The molecule has 0 nitrogen and oxygen atoms in total. The standard InChI is InChI=1S/C12H20/c1-11(2)10-9-7-5-3-4-6-8-12(9,10)11/h9-10H,3-8H2,1-2H3. The normalized spacial score (nSPS) is 54.5. The molecule has 0 aliphatic heterocycles. The van der Waals surface area contributed by atoms with Crippen LogP contribution in [0.5, 0.6) is 0 Å². The van der Waals surface area contributed by atoms with Gasteiger partial charge in [0.15, 0.2) is 0 Å². The molecule has 3 saturated carbocycles. The van der Waals surface area contributed by atoms with Gasteiger partial charge in [-0.3, -0.25) is 0 Å². The highest BCUT2D eigenvalue weighted by Crippen LogP contribution is 2.93. The molecular weight excluding hydrogens is 144 g/mol. The van der Waals surface area contributed by atoms with E-state index in [0.29, 0.717) is 0 Å². The minimum absolute atomic E-state index is 0.759. The predicted octanol–water partition coefficient (Wildman–Crippen LogP) is 3.61. The topological polar surface area (TPSA) is 0 Å². The van der Waals surface area contributed by atoms with Crippen LogP contribution >= 0.6 is 0 Å². The molecule has 0 radical (unpaired) electrons. The molecule has 0 amide bonds. The summed E-state index contributed by atoms with van der Waals surface area (Å²) in [5, 5.41) is 0. The van der Waals surface area contributed by atoms with E-state index in [9.17, 15) is 0 Å². The first kappa shape index (κ1) is 7.41. The average molecular weight is 164 g/mol. The molecule has 3 atom stereocenters. The fraction of sp³-hybridized carbons (Fsp3) is 1.00. The van der Waals surface area contributed by atoms with E-state index in [1.807, 2.05) is 0 Å². The maximum absolute atomic E-state index is 2.50. The van der Waals surface area contributed by atoms with E-state index in [4.69, 9.17) is 0 Å². The third kappa shape index (κ3) is 0.592. The van der Waals surface area contributed by atoms with Gasteiger partial charge in [-0.15, -0.1) is 0 Å². The van der Waals surface area contributed by atoms with Gasteiger partial charge in [-0.1, -0.05) is 39.5 Å². The molecule has 1 spiro atoms. The summed E-state index contributed by atoms with van der Waals surface area (Å²) in [6.45, 7) is 4.99. The van der Waals surface area contributed by atoms with Crippen LogP contribution in [-0.2, 0) is 0 Å². The van der Waals surface area contributed by atoms with Crippen molar-refractivity contribution in [1.29, 1.82) is 0 Å². The summed E-state index contributed by atoms with van der Waals surface area (Å²) in [7, 11) is 0. The lowest BCUT2D eigenvalue weighted by Crippen LogP contribution is -2.18. The van der Waals surface area contributed by atoms with Crippen LogP contribution in [0.15, 0.2) is 0 Å². The predicted molar refractivity (Wildman–Crippen MR) is 50.9 cm³/mol. The molecule has 0 aromatic rings. The van der Waals surface area contributed by atoms with Gasteiger partial charge in [0.05, 0.1) is 0 Å². The van der Waals surface area contributed by atoms with Gasteiger partial charge >= 0.3 is 0 Å². The van der Waals surface area contributed by atoms with Crippen molar-refractivity contribution in [2.75, 3.05) is 0 Å². The molecular formula is C12H20. The van der Waals surface area contributed by atoms with Gasteiger partial charge in [-0.05, 0) is 35.5 Å². The van der Waals surface area contributed by atoms with E-state index in [1.54, 1.807) is 12.8 Å². The molecule has 0 saturated heterocycles. The zero-order valence-electron chi connectivity index (χ0n) is 8.40. The van der Waals surface area contributed by atoms with Crippen LogP contribution in [0.1, 0.15) is 52.4 Å². The fourth-order valence-corrected chi connectivity index (χ4v) is 4.56. The molecule has 3 fully saturated rings. The molecule has 0 N–H and O–H groups in total. The molecule has 3 aliphatic carbocycles. The molecule has 0 aromatic heterocycles. The van der Waals surface area contributed by atoms with E-state index in [-0.39, 0.29) is 0 Å². The van der Waals surface area contributed by atoms with Crippen LogP contribution in [0, 0.1) is 22.7 Å². The second kappa shape index (κ2) is 1.91. The highest BCUT2D eigenvalue weighted by Gasteiger charge is 2.89. The van der Waals surface area contributed by atoms with E-state index < -0.39 is 0 Å². The van der Waals surface area contributed by atoms with Crippen molar-refractivity contribution in [2.24, 2.45) is 22.7 Å². The molecule has 68 valence electrons. The summed E-state index contributed by atoms with van der Waals surface area (Å²) in [6, 6.07) is 0. The van der Waals surface area contributed by atoms with Crippen molar-refractivity contribution in [2.45, 2.75) is 52.4 Å². The second-order valence-corrected chi connectivity index (χ2v) is 5.80. The molecule has 0 bridgehead atoms. The van der Waals surface area contributed by atoms with Crippen molar-refractivity contribution in [1.82, 2.24) is 0 Å². The summed E-state index contributed by atoms with van der Waals surface area (Å²) in [5.74, 6) is 2.33. The van der Waals surface area contributed by atoms with Gasteiger partial charge in [-0.2, -0.15) is 0 Å². The third-order valence-corrected chi connectivity index (χ3v) is 5.26. The lowest BCUT2D eigenvalue weighted by molar-refractivity contribution is 0.232. The largest absolute Gasteiger partial charge is 0.0591 e. The highest BCUT2D eigenvalue weighted by atomic mass is 14.9. The summed E-state index contributed by atoms with van der Waals surface area (Å²) >= 11 is 0. The van der Waals surface area contributed by atoms with Crippen molar-refractivity contribution in [3.8, 4) is 0 Å². The van der Waals surface area contributed by atoms with Crippen molar-refractivity contribution < 1.29 is 0 Å². The Labute approximate surface area is 75.7 Å². The first-order valence-electron chi connectivity index (χ1n) is 5.71. The second-order valence-electron chi connectivity index (χ2n) is 5.80. The number of hydrogen-bond acceptors (Lipinski definition) is 0. The maximum Gasteiger partial charge on any atom is -0.0176 e. The van der Waals surface area contributed by atoms with E-state index >= 15 is 0 Å². The van der Waals surface area contributed by atoms with Crippen LogP contribution in [-0.4, -0.2) is 0 Å². The lowest BCUT2D eigenvalue weighted by Gasteiger charge is -2.26. The molecule has 0 heterocycles. The minimum atomic E-state index is 0.759. The number of hydrogen-bond donors (Lipinski definition) is 0. The lowest BCUT2D eigenvalue weighted by atomic mass is 9.78. The molecule has 3 unspecified atom stereocenters. The van der Waals surface area contributed by atoms with E-state index in [0.717, 1.165) is 16.7 Å². The molecule has 0 heteroatoms. The highest BCUT2D eigenvalue weighted by molar-refractivity contribution is 5.36. The Hall–Kier alpha value is 0. The van der Waals surface area contributed by atoms with E-state index in [2.05, 4.69) is 13.8 Å². The molecule has 3 aliphatic rings. The van der Waals surface area contributed by atoms with Crippen LogP contribution in [0.4, 0.5) is 0 Å². The van der Waals surface area contributed by atoms with Gasteiger partial charge in [0, 0.05) is 0 Å². The van der Waals surface area contributed by atoms with Crippen molar-refractivity contribution >= 4 is 0 Å². The SMILES string of the molecule is CC1(C)C2C3CCCCCCC321. The number of rotatable bonds is 0. The van der Waals surface area contributed by atoms with Crippen molar-refractivity contribution in [3.05, 3.63) is 0 Å². The summed E-state index contributed by atoms with van der Waals surface area (Å²) in [6.07, 6.45) is 9.20. The Kier molecular flexibility index (Phi) is 1.18. The van der Waals surface area contributed by atoms with Gasteiger partial charge in [-0.25, -0.2) is 0 Å². The molecule has 3 rings (SSSR count). The van der Waals surface area contributed by atoms with Crippen LogP contribution in [0.3, 0.4) is 0 Å². The minimum Gasteiger partial charge on any atom is -0.0591 e. The van der Waals surface area contributed by atoms with Gasteiger partial charge in [0.2, 0.25) is 0 Å². The zero-order chi connectivity index (χ0) is 8.40. The first-order valence-corrected chi connectivity index (χ1v) is 5.71. The molecule has 0 aromatic carbocycles. The third-order valence-electron chi connectivity index (χ3n) is 5.26. The zero-order valence-corrected chi connectivity index (χ0v) is 8.40. The average Bonchev–Trinajstić information content (AvgIpc) is 2.73. The first-order chi connectivity index (χ1) is 5.71. The summed E-state index contributed by atoms with van der Waals surface area (Å²) in [4.78, 5) is 0. The monoisotopic (exact) mass is 164 g/mol. The maximum atomic E-state index is 2.50. The Morgan fingerprint density at radius 1 is 1.00 bits per heavy atom. The van der Waals surface area contributed by atoms with E-state index in [1.165, 1.54) is 31.6 Å². The summed E-state index contributed by atoms with van der Waals surface area (Å²) in [5.41, 5.74) is 1.64. The fourth-order valence-electron chi connectivity index (χ4n) is 4.56. The van der Waals surface area contributed by atoms with Crippen LogP contribution in [0.25, 0.3) is 0 Å². The van der Waals surface area contributed by atoms with Gasteiger partial charge in [0.1, 0.15) is 0 Å². The van der Waals surface area contributed by atoms with Crippen molar-refractivity contribution in [3.63, 3.8) is 0 Å². The Bertz CT molecular complexity index is 216. The Balaban J connectivity index is 1.76. The quantitative estimate of drug-likeness (QED) is 0.513. The summed E-state index contributed by atoms with van der Waals surface area (Å²) < 4.78 is 0. The van der Waals surface area contributed by atoms with Gasteiger partial charge < -0.3 is 0 Å².